The lowest BCUT2D eigenvalue weighted by molar-refractivity contribution is 0.0689. The van der Waals surface area contributed by atoms with Gasteiger partial charge in [-0.15, -0.1) is 0 Å². The van der Waals surface area contributed by atoms with Gasteiger partial charge in [-0.3, -0.25) is 4.90 Å². The van der Waals surface area contributed by atoms with Crippen LogP contribution in [0.2, 0.25) is 5.02 Å². The highest BCUT2D eigenvalue weighted by Crippen LogP contribution is 2.32. The van der Waals surface area contributed by atoms with E-state index in [4.69, 9.17) is 39.5 Å². The number of rotatable bonds is 8. The van der Waals surface area contributed by atoms with Crippen molar-refractivity contribution in [3.8, 4) is 0 Å². The number of piperazine rings is 1. The van der Waals surface area contributed by atoms with Gasteiger partial charge in [-0.1, -0.05) is 77.3 Å². The maximum absolute atomic E-state index is 6.81. The van der Waals surface area contributed by atoms with Gasteiger partial charge in [-0.25, -0.2) is 0 Å². The van der Waals surface area contributed by atoms with E-state index in [1.807, 2.05) is 44.2 Å². The van der Waals surface area contributed by atoms with Crippen molar-refractivity contribution in [1.29, 1.82) is 0 Å². The van der Waals surface area contributed by atoms with Gasteiger partial charge in [0.1, 0.15) is 0 Å². The highest BCUT2D eigenvalue weighted by molar-refractivity contribution is 6.34. The molecule has 0 saturated carbocycles. The molecule has 1 saturated heterocycles. The minimum Gasteiger partial charge on any atom is -0.383 e. The summed E-state index contributed by atoms with van der Waals surface area (Å²) in [4.78, 5) is 4.89. The SMILES string of the molecule is C\C=C/C(=C(Cl)\C=C(/C)Cl)C1CN(Cc2ccccc2)C(COC)CN1c1ccc(Cl)cc1. The van der Waals surface area contributed by atoms with E-state index >= 15 is 0 Å². The van der Waals surface area contributed by atoms with Gasteiger partial charge in [-0.05, 0) is 55.3 Å². The second-order valence-electron chi connectivity index (χ2n) is 8.20. The molecule has 0 aliphatic carbocycles. The lowest BCUT2D eigenvalue weighted by Gasteiger charge is -2.48. The second-order valence-corrected chi connectivity index (χ2v) is 9.64. The summed E-state index contributed by atoms with van der Waals surface area (Å²) >= 11 is 19.2. The van der Waals surface area contributed by atoms with Gasteiger partial charge in [-0.2, -0.15) is 0 Å². The summed E-state index contributed by atoms with van der Waals surface area (Å²) in [5, 5.41) is 2.01. The van der Waals surface area contributed by atoms with Crippen LogP contribution in [0.4, 0.5) is 5.69 Å². The van der Waals surface area contributed by atoms with E-state index in [2.05, 4.69) is 52.3 Å². The summed E-state index contributed by atoms with van der Waals surface area (Å²) in [6.45, 7) is 6.90. The molecule has 2 unspecified atom stereocenters. The van der Waals surface area contributed by atoms with Crippen LogP contribution in [-0.4, -0.2) is 43.8 Å². The lowest BCUT2D eigenvalue weighted by Crippen LogP contribution is -2.60. The molecule has 0 radical (unpaired) electrons. The predicted octanol–water partition coefficient (Wildman–Crippen LogP) is 7.26. The monoisotopic (exact) mass is 504 g/mol. The van der Waals surface area contributed by atoms with Gasteiger partial charge in [0.05, 0.1) is 18.7 Å². The molecule has 2 atom stereocenters. The van der Waals surface area contributed by atoms with Crippen molar-refractivity contribution in [2.24, 2.45) is 0 Å². The molecule has 0 amide bonds. The average molecular weight is 506 g/mol. The zero-order valence-electron chi connectivity index (χ0n) is 19.3. The van der Waals surface area contributed by atoms with Crippen LogP contribution in [0.1, 0.15) is 19.4 Å². The fraction of sp³-hybridized carbons (Fsp3) is 0.333. The van der Waals surface area contributed by atoms with Crippen molar-refractivity contribution >= 4 is 40.5 Å². The fourth-order valence-electron chi connectivity index (χ4n) is 4.27. The Morgan fingerprint density at radius 3 is 2.36 bits per heavy atom. The van der Waals surface area contributed by atoms with Crippen LogP contribution in [0.3, 0.4) is 0 Å². The Balaban J connectivity index is 2.06. The van der Waals surface area contributed by atoms with Crippen LogP contribution in [0.5, 0.6) is 0 Å². The van der Waals surface area contributed by atoms with Crippen molar-refractivity contribution in [3.63, 3.8) is 0 Å². The number of ether oxygens (including phenoxy) is 1. The largest absolute Gasteiger partial charge is 0.383 e. The second kappa shape index (κ2) is 12.6. The highest BCUT2D eigenvalue weighted by Gasteiger charge is 2.36. The molecular weight excluding hydrogens is 475 g/mol. The molecular formula is C27H31Cl3N2O. The molecule has 33 heavy (non-hydrogen) atoms. The first kappa shape index (κ1) is 25.9. The van der Waals surface area contributed by atoms with Crippen LogP contribution in [0.15, 0.2) is 88.5 Å². The first-order valence-electron chi connectivity index (χ1n) is 11.1. The molecule has 1 aliphatic rings. The number of halogens is 3. The fourth-order valence-corrected chi connectivity index (χ4v) is 4.92. The summed E-state index contributed by atoms with van der Waals surface area (Å²) in [5.41, 5.74) is 3.41. The van der Waals surface area contributed by atoms with Crippen molar-refractivity contribution in [2.75, 3.05) is 31.7 Å². The molecule has 2 aromatic carbocycles. The maximum Gasteiger partial charge on any atom is 0.0684 e. The third-order valence-electron chi connectivity index (χ3n) is 5.76. The topological polar surface area (TPSA) is 15.7 Å². The van der Waals surface area contributed by atoms with Crippen LogP contribution >= 0.6 is 34.8 Å². The molecule has 1 heterocycles. The molecule has 6 heteroatoms. The van der Waals surface area contributed by atoms with Gasteiger partial charge in [0.15, 0.2) is 0 Å². The van der Waals surface area contributed by atoms with Crippen LogP contribution in [-0.2, 0) is 11.3 Å². The molecule has 1 aliphatic heterocycles. The molecule has 0 aromatic heterocycles. The molecule has 0 spiro atoms. The lowest BCUT2D eigenvalue weighted by atomic mass is 9.96. The number of benzene rings is 2. The third-order valence-corrected chi connectivity index (χ3v) is 6.45. The van der Waals surface area contributed by atoms with E-state index in [1.165, 1.54) is 5.56 Å². The van der Waals surface area contributed by atoms with E-state index in [1.54, 1.807) is 7.11 Å². The van der Waals surface area contributed by atoms with Crippen molar-refractivity contribution in [2.45, 2.75) is 32.5 Å². The molecule has 2 aromatic rings. The molecule has 1 fully saturated rings. The van der Waals surface area contributed by atoms with Gasteiger partial charge < -0.3 is 9.64 Å². The van der Waals surface area contributed by atoms with E-state index in [9.17, 15) is 0 Å². The Labute approximate surface area is 212 Å². The Kier molecular flexibility index (Phi) is 9.91. The van der Waals surface area contributed by atoms with Crippen LogP contribution in [0, 0.1) is 0 Å². The minimum absolute atomic E-state index is 0.0268. The maximum atomic E-state index is 6.81. The van der Waals surface area contributed by atoms with Crippen LogP contribution in [0.25, 0.3) is 0 Å². The summed E-state index contributed by atoms with van der Waals surface area (Å²) in [6, 6.07) is 18.8. The van der Waals surface area contributed by atoms with Crippen LogP contribution < -0.4 is 4.90 Å². The third kappa shape index (κ3) is 7.11. The van der Waals surface area contributed by atoms with Crippen molar-refractivity contribution in [1.82, 2.24) is 4.90 Å². The first-order valence-corrected chi connectivity index (χ1v) is 12.2. The number of allylic oxidation sites excluding steroid dienone is 4. The predicted molar refractivity (Wildman–Crippen MR) is 142 cm³/mol. The quantitative estimate of drug-likeness (QED) is 0.351. The van der Waals surface area contributed by atoms with E-state index in [-0.39, 0.29) is 12.1 Å². The summed E-state index contributed by atoms with van der Waals surface area (Å²) in [5.74, 6) is 0. The van der Waals surface area contributed by atoms with Gasteiger partial charge in [0.25, 0.3) is 0 Å². The Morgan fingerprint density at radius 1 is 1.06 bits per heavy atom. The first-order chi connectivity index (χ1) is 15.9. The molecule has 0 bridgehead atoms. The molecule has 3 rings (SSSR count). The number of hydrogen-bond acceptors (Lipinski definition) is 3. The number of methoxy groups -OCH3 is 1. The summed E-state index contributed by atoms with van der Waals surface area (Å²) in [7, 11) is 1.76. The number of hydrogen-bond donors (Lipinski definition) is 0. The van der Waals surface area contributed by atoms with E-state index < -0.39 is 0 Å². The van der Waals surface area contributed by atoms with E-state index in [0.717, 1.165) is 35.9 Å². The Bertz CT molecular complexity index is 982. The number of anilines is 1. The summed E-state index contributed by atoms with van der Waals surface area (Å²) in [6.07, 6.45) is 5.93. The molecule has 0 N–H and O–H groups in total. The van der Waals surface area contributed by atoms with E-state index in [0.29, 0.717) is 16.7 Å². The molecule has 3 nitrogen and oxygen atoms in total. The highest BCUT2D eigenvalue weighted by atomic mass is 35.5. The zero-order chi connectivity index (χ0) is 23.8. The van der Waals surface area contributed by atoms with Gasteiger partial charge >= 0.3 is 0 Å². The van der Waals surface area contributed by atoms with Gasteiger partial charge in [0, 0.05) is 47.5 Å². The zero-order valence-corrected chi connectivity index (χ0v) is 21.6. The Hall–Kier alpha value is -1.75. The van der Waals surface area contributed by atoms with Gasteiger partial charge in [0.2, 0.25) is 0 Å². The summed E-state index contributed by atoms with van der Waals surface area (Å²) < 4.78 is 5.63. The molecule has 176 valence electrons. The average Bonchev–Trinajstić information content (AvgIpc) is 2.79. The normalized spacial score (nSPS) is 20.9. The standard InChI is InChI=1S/C27H31Cl3N2O/c1-4-8-25(26(30)15-20(2)28)27-18-31(16-21-9-6-5-7-10-21)24(19-33-3)17-32(27)23-13-11-22(29)12-14-23/h4-15,24,27H,16-19H2,1-3H3/b8-4-,20-15+,26-25-. The minimum atomic E-state index is 0.0268. The van der Waals surface area contributed by atoms with Crippen molar-refractivity contribution < 1.29 is 4.74 Å². The van der Waals surface area contributed by atoms with Crippen molar-refractivity contribution in [3.05, 3.63) is 99.0 Å². The number of nitrogens with zero attached hydrogens (tertiary/aromatic N) is 2. The Morgan fingerprint density at radius 2 is 1.76 bits per heavy atom. The smallest absolute Gasteiger partial charge is 0.0684 e.